The van der Waals surface area contributed by atoms with E-state index in [0.717, 1.165) is 12.1 Å². The number of aromatic nitrogens is 3. The fourth-order valence-electron chi connectivity index (χ4n) is 4.27. The zero-order valence-corrected chi connectivity index (χ0v) is 22.7. The quantitative estimate of drug-likeness (QED) is 0.159. The molecule has 2 aromatic heterocycles. The number of imidazole rings is 1. The molecule has 1 unspecified atom stereocenters. The number of ether oxygens (including phenoxy) is 1. The van der Waals surface area contributed by atoms with E-state index in [9.17, 15) is 19.2 Å². The number of esters is 1. The monoisotopic (exact) mass is 571 g/mol. The maximum atomic E-state index is 15.0. The molecule has 2 aromatic carbocycles. The van der Waals surface area contributed by atoms with Crippen molar-refractivity contribution in [2.24, 2.45) is 7.05 Å². The molecule has 0 aliphatic heterocycles. The van der Waals surface area contributed by atoms with E-state index >= 15 is 4.39 Å². The lowest BCUT2D eigenvalue weighted by molar-refractivity contribution is -0.152. The van der Waals surface area contributed by atoms with Crippen LogP contribution >= 0.6 is 23.2 Å². The summed E-state index contributed by atoms with van der Waals surface area (Å²) in [6.07, 6.45) is 0. The van der Waals surface area contributed by atoms with Gasteiger partial charge in [0, 0.05) is 18.2 Å². The highest BCUT2D eigenvalue weighted by Crippen LogP contribution is 2.41. The summed E-state index contributed by atoms with van der Waals surface area (Å²) in [6, 6.07) is 10.4. The van der Waals surface area contributed by atoms with Crippen molar-refractivity contribution in [3.8, 4) is 17.2 Å². The number of hydrogen-bond acceptors (Lipinski definition) is 7. The average Bonchev–Trinajstić information content (AvgIpc) is 3.21. The smallest absolute Gasteiger partial charge is 0.323 e. The van der Waals surface area contributed by atoms with Crippen LogP contribution in [0.15, 0.2) is 36.4 Å². The fourth-order valence-corrected chi connectivity index (χ4v) is 4.76. The van der Waals surface area contributed by atoms with E-state index in [1.165, 1.54) is 24.5 Å². The number of anilines is 2. The summed E-state index contributed by atoms with van der Waals surface area (Å²) >= 11 is 12.6. The number of para-hydroxylation sites is 1. The molecular weight excluding hydrogens is 551 g/mol. The summed E-state index contributed by atoms with van der Waals surface area (Å²) in [7, 11) is 1.57. The number of carbonyl (C=O) groups excluding carboxylic acids is 2. The molecule has 4 aromatic rings. The summed E-state index contributed by atoms with van der Waals surface area (Å²) in [4.78, 5) is 33.9. The van der Waals surface area contributed by atoms with Gasteiger partial charge in [-0.2, -0.15) is 19.0 Å². The largest absolute Gasteiger partial charge is 0.465 e. The van der Waals surface area contributed by atoms with Crippen LogP contribution in [0.5, 0.6) is 0 Å². The Labute approximate surface area is 232 Å². The Bertz CT molecular complexity index is 1680. The Hall–Kier alpha value is -4.07. The van der Waals surface area contributed by atoms with Gasteiger partial charge in [0.15, 0.2) is 5.78 Å². The molecule has 0 saturated carbocycles. The first kappa shape index (κ1) is 28.0. The predicted octanol–water partition coefficient (Wildman–Crippen LogP) is 6.25. The Morgan fingerprint density at radius 3 is 2.38 bits per heavy atom. The van der Waals surface area contributed by atoms with E-state index < -0.39 is 29.1 Å². The molecule has 0 amide bonds. The van der Waals surface area contributed by atoms with Crippen LogP contribution in [-0.4, -0.2) is 32.9 Å². The summed E-state index contributed by atoms with van der Waals surface area (Å²) < 4.78 is 35.4. The number of nitrogens with one attached hydrogen (secondary N) is 1. The first-order valence-electron chi connectivity index (χ1n) is 11.6. The second-order valence-electron chi connectivity index (χ2n) is 8.75. The van der Waals surface area contributed by atoms with Gasteiger partial charge in [-0.3, -0.25) is 9.59 Å². The first-order chi connectivity index (χ1) is 18.4. The highest BCUT2D eigenvalue weighted by molar-refractivity contribution is 6.39. The molecule has 200 valence electrons. The molecular formula is C27H21Cl2F2N5O3. The first-order valence-corrected chi connectivity index (χ1v) is 12.4. The minimum Gasteiger partial charge on any atom is -0.465 e. The van der Waals surface area contributed by atoms with Gasteiger partial charge < -0.3 is 14.6 Å². The van der Waals surface area contributed by atoms with Crippen LogP contribution in [0, 0.1) is 23.2 Å². The number of hydrogen-bond donors (Lipinski definition) is 1. The molecule has 0 fully saturated rings. The molecule has 12 heteroatoms. The minimum atomic E-state index is -1.93. The van der Waals surface area contributed by atoms with Crippen molar-refractivity contribution in [1.82, 2.24) is 14.5 Å². The molecule has 1 N–H and O–H groups in total. The number of fused-ring (bicyclic) bond motifs is 1. The number of nitrogens with zero attached hydrogens (tertiary/aromatic N) is 4. The van der Waals surface area contributed by atoms with Crippen LogP contribution in [-0.2, 0) is 26.8 Å². The second kappa shape index (κ2) is 10.6. The predicted molar refractivity (Wildman–Crippen MR) is 143 cm³/mol. The number of aryl methyl sites for hydroxylation is 1. The maximum Gasteiger partial charge on any atom is 0.323 e. The molecule has 39 heavy (non-hydrogen) atoms. The Morgan fingerprint density at radius 1 is 1.15 bits per heavy atom. The summed E-state index contributed by atoms with van der Waals surface area (Å²) in [5, 5.41) is 13.9. The number of nitriles is 1. The number of pyridine rings is 1. The average molecular weight is 572 g/mol. The minimum absolute atomic E-state index is 0.0203. The Balaban J connectivity index is 2.14. The number of Topliss-reactive ketones (excluding diaryl/α,β-unsaturated/α-hetero) is 1. The molecule has 2 heterocycles. The van der Waals surface area contributed by atoms with E-state index in [2.05, 4.69) is 21.4 Å². The second-order valence-corrected chi connectivity index (χ2v) is 9.56. The van der Waals surface area contributed by atoms with Crippen molar-refractivity contribution >= 4 is 57.6 Å². The van der Waals surface area contributed by atoms with E-state index in [-0.39, 0.29) is 55.9 Å². The van der Waals surface area contributed by atoms with Crippen LogP contribution in [0.3, 0.4) is 0 Å². The molecule has 0 aliphatic carbocycles. The van der Waals surface area contributed by atoms with Gasteiger partial charge in [0.25, 0.3) is 0 Å². The molecule has 0 aliphatic rings. The van der Waals surface area contributed by atoms with E-state index in [1.54, 1.807) is 32.2 Å². The van der Waals surface area contributed by atoms with Crippen molar-refractivity contribution in [2.75, 3.05) is 11.9 Å². The van der Waals surface area contributed by atoms with Gasteiger partial charge >= 0.3 is 5.97 Å². The lowest BCUT2D eigenvalue weighted by Crippen LogP contribution is -2.41. The van der Waals surface area contributed by atoms with Gasteiger partial charge in [0.1, 0.15) is 17.0 Å². The van der Waals surface area contributed by atoms with Crippen LogP contribution in [0.2, 0.25) is 10.0 Å². The van der Waals surface area contributed by atoms with Crippen molar-refractivity contribution in [2.45, 2.75) is 26.2 Å². The molecule has 0 spiro atoms. The topological polar surface area (TPSA) is 110 Å². The summed E-state index contributed by atoms with van der Waals surface area (Å²) in [5.74, 6) is -3.53. The standard InChI is InChI=1S/C27H21Cl2F2N5O3/c1-5-39-25(38)27(3,13(2)37)17-11-15(14-9-10-20(30)33-24(14)31)21-23(16(17)12-32)36(4)26(34-21)35-22-18(28)7-6-8-19(22)29/h6-11H,5H2,1-4H3,(H,34,35). The molecule has 1 atom stereocenters. The SMILES string of the molecule is CCOC(=O)C(C)(C(C)=O)c1cc(-c2ccc(F)nc2F)c2nc(Nc3c(Cl)cccc3Cl)n(C)c2c1C#N. The third kappa shape index (κ3) is 4.68. The van der Waals surface area contributed by atoms with E-state index in [1.807, 2.05) is 0 Å². The van der Waals surface area contributed by atoms with Crippen LogP contribution in [0.1, 0.15) is 31.9 Å². The molecule has 0 saturated heterocycles. The molecule has 4 rings (SSSR count). The number of ketones is 1. The number of benzene rings is 2. The number of carbonyl (C=O) groups is 2. The summed E-state index contributed by atoms with van der Waals surface area (Å²) in [5.41, 5.74) is -1.53. The van der Waals surface area contributed by atoms with Gasteiger partial charge in [0.2, 0.25) is 17.8 Å². The van der Waals surface area contributed by atoms with Gasteiger partial charge in [-0.1, -0.05) is 29.3 Å². The fraction of sp³-hybridized carbons (Fsp3) is 0.222. The lowest BCUT2D eigenvalue weighted by atomic mass is 9.75. The van der Waals surface area contributed by atoms with Crippen LogP contribution < -0.4 is 5.32 Å². The Kier molecular flexibility index (Phi) is 7.59. The zero-order valence-electron chi connectivity index (χ0n) is 21.2. The normalized spacial score (nSPS) is 12.6. The van der Waals surface area contributed by atoms with Gasteiger partial charge in [-0.05, 0) is 56.7 Å². The Morgan fingerprint density at radius 2 is 1.82 bits per heavy atom. The van der Waals surface area contributed by atoms with Crippen molar-refractivity contribution in [3.05, 3.63) is 69.5 Å². The number of halogens is 4. The number of rotatable bonds is 7. The highest BCUT2D eigenvalue weighted by atomic mass is 35.5. The summed E-state index contributed by atoms with van der Waals surface area (Å²) in [6.45, 7) is 4.08. The third-order valence-corrected chi connectivity index (χ3v) is 7.12. The maximum absolute atomic E-state index is 15.0. The molecule has 0 radical (unpaired) electrons. The third-order valence-electron chi connectivity index (χ3n) is 6.49. The van der Waals surface area contributed by atoms with Gasteiger partial charge in [-0.15, -0.1) is 0 Å². The lowest BCUT2D eigenvalue weighted by Gasteiger charge is -2.27. The zero-order chi connectivity index (χ0) is 28.6. The van der Waals surface area contributed by atoms with Crippen molar-refractivity contribution < 1.29 is 23.1 Å². The molecule has 8 nitrogen and oxygen atoms in total. The van der Waals surface area contributed by atoms with Crippen LogP contribution in [0.25, 0.3) is 22.2 Å². The van der Waals surface area contributed by atoms with Crippen molar-refractivity contribution in [3.63, 3.8) is 0 Å². The molecule has 0 bridgehead atoms. The van der Waals surface area contributed by atoms with Crippen molar-refractivity contribution in [1.29, 1.82) is 5.26 Å². The van der Waals surface area contributed by atoms with E-state index in [4.69, 9.17) is 27.9 Å². The van der Waals surface area contributed by atoms with E-state index in [0.29, 0.717) is 5.69 Å². The highest BCUT2D eigenvalue weighted by Gasteiger charge is 2.45. The van der Waals surface area contributed by atoms with Gasteiger partial charge in [0.05, 0.1) is 33.4 Å². The van der Waals surface area contributed by atoms with Crippen LogP contribution in [0.4, 0.5) is 20.4 Å². The van der Waals surface area contributed by atoms with Gasteiger partial charge in [-0.25, -0.2) is 4.98 Å².